The smallest absolute Gasteiger partial charge is 0.270 e. The standard InChI is InChI=1S/C18H27N3O4S/c1-14-3-5-15(6-4-14)19-9-11-20(12-10-19)17-8-7-16(21(22)23)13-18(17)26(2,24)25/h7-8,13-15H,3-6,9-12H2,1-2H3. The van der Waals surface area contributed by atoms with Crippen LogP contribution in [0.3, 0.4) is 0 Å². The van der Waals surface area contributed by atoms with Crippen molar-refractivity contribution >= 4 is 21.2 Å². The van der Waals surface area contributed by atoms with Crippen molar-refractivity contribution in [2.75, 3.05) is 37.3 Å². The molecule has 144 valence electrons. The van der Waals surface area contributed by atoms with E-state index in [9.17, 15) is 18.5 Å². The lowest BCUT2D eigenvalue weighted by Gasteiger charge is -2.42. The predicted octanol–water partition coefficient (Wildman–Crippen LogP) is 2.70. The summed E-state index contributed by atoms with van der Waals surface area (Å²) in [6.07, 6.45) is 6.16. The molecule has 2 fully saturated rings. The Labute approximate surface area is 155 Å². The molecule has 1 aliphatic heterocycles. The van der Waals surface area contributed by atoms with Crippen molar-refractivity contribution < 1.29 is 13.3 Å². The van der Waals surface area contributed by atoms with Crippen LogP contribution in [0.4, 0.5) is 11.4 Å². The zero-order valence-electron chi connectivity index (χ0n) is 15.4. The highest BCUT2D eigenvalue weighted by Crippen LogP contribution is 2.32. The molecule has 8 heteroatoms. The maximum absolute atomic E-state index is 12.2. The second kappa shape index (κ2) is 7.52. The SMILES string of the molecule is CC1CCC(N2CCN(c3ccc([N+](=O)[O-])cc3S(C)(=O)=O)CC2)CC1. The number of anilines is 1. The van der Waals surface area contributed by atoms with Crippen molar-refractivity contribution in [1.82, 2.24) is 4.90 Å². The maximum atomic E-state index is 12.2. The maximum Gasteiger partial charge on any atom is 0.270 e. The molecule has 1 heterocycles. The molecular formula is C18H27N3O4S. The first-order chi connectivity index (χ1) is 12.3. The van der Waals surface area contributed by atoms with E-state index in [1.807, 2.05) is 4.90 Å². The number of hydrogen-bond donors (Lipinski definition) is 0. The van der Waals surface area contributed by atoms with Crippen LogP contribution in [0.2, 0.25) is 0 Å². The number of nitro benzene ring substituents is 1. The number of hydrogen-bond acceptors (Lipinski definition) is 6. The van der Waals surface area contributed by atoms with Crippen molar-refractivity contribution in [3.8, 4) is 0 Å². The van der Waals surface area contributed by atoms with E-state index in [4.69, 9.17) is 0 Å². The molecule has 0 bridgehead atoms. The van der Waals surface area contributed by atoms with Crippen molar-refractivity contribution in [2.45, 2.75) is 43.5 Å². The molecule has 1 aliphatic carbocycles. The van der Waals surface area contributed by atoms with Gasteiger partial charge in [-0.15, -0.1) is 0 Å². The molecule has 0 unspecified atom stereocenters. The van der Waals surface area contributed by atoms with Crippen LogP contribution in [0, 0.1) is 16.0 Å². The summed E-state index contributed by atoms with van der Waals surface area (Å²) in [6, 6.07) is 4.78. The van der Waals surface area contributed by atoms with Gasteiger partial charge in [0.05, 0.1) is 15.5 Å². The van der Waals surface area contributed by atoms with E-state index in [0.717, 1.165) is 38.4 Å². The first-order valence-corrected chi connectivity index (χ1v) is 11.1. The van der Waals surface area contributed by atoms with Gasteiger partial charge < -0.3 is 4.90 Å². The summed E-state index contributed by atoms with van der Waals surface area (Å²) in [6.45, 7) is 5.60. The van der Waals surface area contributed by atoms with Gasteiger partial charge in [0.1, 0.15) is 0 Å². The van der Waals surface area contributed by atoms with Crippen LogP contribution in [0.5, 0.6) is 0 Å². The van der Waals surface area contributed by atoms with Gasteiger partial charge in [-0.1, -0.05) is 6.92 Å². The number of sulfone groups is 1. The molecule has 2 aliphatic rings. The fraction of sp³-hybridized carbons (Fsp3) is 0.667. The molecule has 0 radical (unpaired) electrons. The molecule has 3 rings (SSSR count). The Morgan fingerprint density at radius 2 is 1.69 bits per heavy atom. The Morgan fingerprint density at radius 1 is 1.08 bits per heavy atom. The van der Waals surface area contributed by atoms with Gasteiger partial charge in [-0.3, -0.25) is 15.0 Å². The lowest BCUT2D eigenvalue weighted by atomic mass is 9.86. The summed E-state index contributed by atoms with van der Waals surface area (Å²) in [5, 5.41) is 11.0. The largest absolute Gasteiger partial charge is 0.368 e. The second-order valence-electron chi connectivity index (χ2n) is 7.62. The van der Waals surface area contributed by atoms with Crippen molar-refractivity contribution in [2.24, 2.45) is 5.92 Å². The summed E-state index contributed by atoms with van der Waals surface area (Å²) in [5.74, 6) is 0.824. The molecule has 1 saturated carbocycles. The van der Waals surface area contributed by atoms with Gasteiger partial charge in [0.15, 0.2) is 9.84 Å². The molecular weight excluding hydrogens is 354 g/mol. The van der Waals surface area contributed by atoms with Crippen LogP contribution in [-0.4, -0.2) is 56.7 Å². The lowest BCUT2D eigenvalue weighted by molar-refractivity contribution is -0.385. The minimum Gasteiger partial charge on any atom is -0.368 e. The average Bonchev–Trinajstić information content (AvgIpc) is 2.61. The van der Waals surface area contributed by atoms with E-state index >= 15 is 0 Å². The zero-order valence-corrected chi connectivity index (χ0v) is 16.2. The summed E-state index contributed by atoms with van der Waals surface area (Å²) in [7, 11) is -3.54. The first-order valence-electron chi connectivity index (χ1n) is 9.23. The number of benzene rings is 1. The third-order valence-corrected chi connectivity index (χ3v) is 6.84. The molecule has 0 amide bonds. The van der Waals surface area contributed by atoms with Crippen LogP contribution in [0.25, 0.3) is 0 Å². The average molecular weight is 381 g/mol. The Kier molecular flexibility index (Phi) is 5.53. The van der Waals surface area contributed by atoms with E-state index in [2.05, 4.69) is 11.8 Å². The minimum absolute atomic E-state index is 0.0478. The van der Waals surface area contributed by atoms with Gasteiger partial charge in [0.25, 0.3) is 5.69 Å². The number of piperazine rings is 1. The molecule has 1 aromatic carbocycles. The highest BCUT2D eigenvalue weighted by atomic mass is 32.2. The summed E-state index contributed by atoms with van der Waals surface area (Å²) in [5.41, 5.74) is 0.388. The van der Waals surface area contributed by atoms with E-state index < -0.39 is 14.8 Å². The number of nitro groups is 1. The van der Waals surface area contributed by atoms with Crippen molar-refractivity contribution in [3.05, 3.63) is 28.3 Å². The third-order valence-electron chi connectivity index (χ3n) is 5.71. The van der Waals surface area contributed by atoms with Crippen LogP contribution in [0.15, 0.2) is 23.1 Å². The van der Waals surface area contributed by atoms with Gasteiger partial charge in [0, 0.05) is 50.6 Å². The highest BCUT2D eigenvalue weighted by Gasteiger charge is 2.29. The number of nitrogens with zero attached hydrogens (tertiary/aromatic N) is 3. The molecule has 26 heavy (non-hydrogen) atoms. The van der Waals surface area contributed by atoms with E-state index in [1.54, 1.807) is 6.07 Å². The quantitative estimate of drug-likeness (QED) is 0.589. The lowest BCUT2D eigenvalue weighted by Crippen LogP contribution is -2.51. The molecule has 0 N–H and O–H groups in total. The fourth-order valence-electron chi connectivity index (χ4n) is 4.11. The van der Waals surface area contributed by atoms with E-state index in [-0.39, 0.29) is 10.6 Å². The summed E-state index contributed by atoms with van der Waals surface area (Å²) in [4.78, 5) is 15.1. The normalized spacial score (nSPS) is 25.2. The van der Waals surface area contributed by atoms with Crippen molar-refractivity contribution in [1.29, 1.82) is 0 Å². The minimum atomic E-state index is -3.54. The summed E-state index contributed by atoms with van der Waals surface area (Å²) >= 11 is 0. The van der Waals surface area contributed by atoms with Gasteiger partial charge in [-0.2, -0.15) is 0 Å². The van der Waals surface area contributed by atoms with Crippen LogP contribution >= 0.6 is 0 Å². The number of non-ortho nitro benzene ring substituents is 1. The zero-order chi connectivity index (χ0) is 18.9. The molecule has 0 spiro atoms. The highest BCUT2D eigenvalue weighted by molar-refractivity contribution is 7.90. The van der Waals surface area contributed by atoms with Crippen LogP contribution in [-0.2, 0) is 9.84 Å². The first kappa shape index (κ1) is 19.1. The van der Waals surface area contributed by atoms with Gasteiger partial charge >= 0.3 is 0 Å². The topological polar surface area (TPSA) is 83.8 Å². The van der Waals surface area contributed by atoms with Crippen LogP contribution in [0.1, 0.15) is 32.6 Å². The molecule has 0 aromatic heterocycles. The number of rotatable bonds is 4. The Hall–Kier alpha value is -1.67. The van der Waals surface area contributed by atoms with Crippen molar-refractivity contribution in [3.63, 3.8) is 0 Å². The van der Waals surface area contributed by atoms with E-state index in [0.29, 0.717) is 11.7 Å². The third kappa shape index (κ3) is 4.17. The molecule has 7 nitrogen and oxygen atoms in total. The summed E-state index contributed by atoms with van der Waals surface area (Å²) < 4.78 is 24.3. The predicted molar refractivity (Wildman–Crippen MR) is 101 cm³/mol. The van der Waals surface area contributed by atoms with Gasteiger partial charge in [-0.05, 0) is 37.7 Å². The second-order valence-corrected chi connectivity index (χ2v) is 9.60. The molecule has 1 saturated heterocycles. The fourth-order valence-corrected chi connectivity index (χ4v) is 5.02. The van der Waals surface area contributed by atoms with Gasteiger partial charge in [0.2, 0.25) is 0 Å². The molecule has 0 atom stereocenters. The van der Waals surface area contributed by atoms with Gasteiger partial charge in [-0.25, -0.2) is 8.42 Å². The van der Waals surface area contributed by atoms with Crippen LogP contribution < -0.4 is 4.90 Å². The Morgan fingerprint density at radius 3 is 2.23 bits per heavy atom. The van der Waals surface area contributed by atoms with E-state index in [1.165, 1.54) is 37.8 Å². The molecule has 1 aromatic rings. The Balaban J connectivity index is 1.74. The monoisotopic (exact) mass is 381 g/mol. The Bertz CT molecular complexity index is 765.